The number of amides is 1. The van der Waals surface area contributed by atoms with Crippen molar-refractivity contribution in [3.05, 3.63) is 47.3 Å². The van der Waals surface area contributed by atoms with E-state index in [-0.39, 0.29) is 5.91 Å². The number of rotatable bonds is 5. The van der Waals surface area contributed by atoms with Crippen LogP contribution in [0.3, 0.4) is 0 Å². The van der Waals surface area contributed by atoms with Gasteiger partial charge in [0.25, 0.3) is 5.91 Å². The minimum absolute atomic E-state index is 0.0986. The Bertz CT molecular complexity index is 605. The van der Waals surface area contributed by atoms with E-state index in [0.717, 1.165) is 11.3 Å². The van der Waals surface area contributed by atoms with Crippen LogP contribution in [0.5, 0.6) is 11.5 Å². The van der Waals surface area contributed by atoms with Crippen LogP contribution in [0, 0.1) is 6.92 Å². The van der Waals surface area contributed by atoms with Crippen LogP contribution in [0.15, 0.2) is 30.5 Å². The topological polar surface area (TPSA) is 63.3 Å². The quantitative estimate of drug-likeness (QED) is 0.879. The van der Waals surface area contributed by atoms with E-state index in [1.54, 1.807) is 26.5 Å². The zero-order valence-electron chi connectivity index (χ0n) is 11.8. The van der Waals surface area contributed by atoms with Crippen molar-refractivity contribution in [2.75, 3.05) is 14.2 Å². The van der Waals surface area contributed by atoms with Crippen molar-refractivity contribution in [2.24, 2.45) is 0 Å². The van der Waals surface area contributed by atoms with E-state index in [9.17, 15) is 4.79 Å². The molecule has 0 aliphatic rings. The Hall–Kier alpha value is -2.43. The number of aryl methyl sites for hydroxylation is 1. The highest BCUT2D eigenvalue weighted by atomic mass is 16.5. The summed E-state index contributed by atoms with van der Waals surface area (Å²) in [5.74, 6) is 1.22. The summed E-state index contributed by atoms with van der Waals surface area (Å²) in [7, 11) is 3.18. The first-order valence-corrected chi connectivity index (χ1v) is 6.28. The fourth-order valence-electron chi connectivity index (χ4n) is 1.97. The molecule has 0 saturated heterocycles. The summed E-state index contributed by atoms with van der Waals surface area (Å²) in [6, 6.07) is 7.33. The number of aromatic nitrogens is 1. The highest BCUT2D eigenvalue weighted by Gasteiger charge is 2.10. The summed E-state index contributed by atoms with van der Waals surface area (Å²) in [4.78, 5) is 15.0. The van der Waals surface area contributed by atoms with Gasteiger partial charge in [0.1, 0.15) is 0 Å². The Labute approximate surface area is 117 Å². The van der Waals surface area contributed by atoms with E-state index in [0.29, 0.717) is 23.6 Å². The zero-order chi connectivity index (χ0) is 14.5. The van der Waals surface area contributed by atoms with Gasteiger partial charge in [0.2, 0.25) is 0 Å². The molecule has 5 heteroatoms. The first-order valence-electron chi connectivity index (χ1n) is 6.28. The molecular formula is C15H18N2O3. The van der Waals surface area contributed by atoms with Crippen molar-refractivity contribution in [2.45, 2.75) is 13.5 Å². The van der Waals surface area contributed by atoms with E-state index < -0.39 is 0 Å². The molecule has 1 aromatic carbocycles. The molecule has 2 aromatic rings. The first-order chi connectivity index (χ1) is 9.65. The summed E-state index contributed by atoms with van der Waals surface area (Å²) < 4.78 is 10.4. The molecule has 1 heterocycles. The van der Waals surface area contributed by atoms with Gasteiger partial charge in [-0.05, 0) is 30.7 Å². The second-order valence-corrected chi connectivity index (χ2v) is 4.39. The number of methoxy groups -OCH3 is 2. The number of hydrogen-bond donors (Lipinski definition) is 2. The maximum atomic E-state index is 12.0. The molecule has 2 N–H and O–H groups in total. The van der Waals surface area contributed by atoms with Crippen molar-refractivity contribution in [1.29, 1.82) is 0 Å². The molecule has 20 heavy (non-hydrogen) atoms. The van der Waals surface area contributed by atoms with E-state index in [1.807, 2.05) is 25.1 Å². The molecule has 0 fully saturated rings. The molecule has 0 unspecified atom stereocenters. The average molecular weight is 274 g/mol. The molecule has 0 spiro atoms. The molecule has 5 nitrogen and oxygen atoms in total. The molecule has 0 aliphatic carbocycles. The first kappa shape index (κ1) is 14.0. The molecule has 0 saturated carbocycles. The van der Waals surface area contributed by atoms with E-state index >= 15 is 0 Å². The van der Waals surface area contributed by atoms with Crippen LogP contribution in [-0.2, 0) is 6.54 Å². The zero-order valence-corrected chi connectivity index (χ0v) is 11.8. The van der Waals surface area contributed by atoms with Crippen molar-refractivity contribution in [3.8, 4) is 11.5 Å². The van der Waals surface area contributed by atoms with Crippen molar-refractivity contribution < 1.29 is 14.3 Å². The van der Waals surface area contributed by atoms with E-state index in [4.69, 9.17) is 9.47 Å². The van der Waals surface area contributed by atoms with Gasteiger partial charge in [-0.2, -0.15) is 0 Å². The highest BCUT2D eigenvalue weighted by Crippen LogP contribution is 2.27. The molecule has 2 rings (SSSR count). The Balaban J connectivity index is 2.04. The molecular weight excluding hydrogens is 256 g/mol. The van der Waals surface area contributed by atoms with Gasteiger partial charge in [-0.3, -0.25) is 4.79 Å². The summed E-state index contributed by atoms with van der Waals surface area (Å²) >= 11 is 0. The van der Waals surface area contributed by atoms with Crippen LogP contribution in [0.25, 0.3) is 0 Å². The fraction of sp³-hybridized carbons (Fsp3) is 0.267. The Morgan fingerprint density at radius 3 is 2.55 bits per heavy atom. The molecule has 0 radical (unpaired) electrons. The minimum atomic E-state index is -0.0986. The smallest absolute Gasteiger partial charge is 0.253 e. The fourth-order valence-corrected chi connectivity index (χ4v) is 1.97. The highest BCUT2D eigenvalue weighted by molar-refractivity contribution is 5.95. The number of hydrogen-bond acceptors (Lipinski definition) is 3. The lowest BCUT2D eigenvalue weighted by Gasteiger charge is -2.10. The van der Waals surface area contributed by atoms with Crippen LogP contribution < -0.4 is 14.8 Å². The van der Waals surface area contributed by atoms with Gasteiger partial charge >= 0.3 is 0 Å². The SMILES string of the molecule is COc1ccc(CNC(=O)c2cc[nH]c2C)cc1OC. The maximum absolute atomic E-state index is 12.0. The van der Waals surface area contributed by atoms with Gasteiger partial charge in [0.05, 0.1) is 19.8 Å². The lowest BCUT2D eigenvalue weighted by Crippen LogP contribution is -2.23. The van der Waals surface area contributed by atoms with Gasteiger partial charge in [-0.15, -0.1) is 0 Å². The third kappa shape index (κ3) is 2.93. The summed E-state index contributed by atoms with van der Waals surface area (Å²) in [6.07, 6.45) is 1.75. The van der Waals surface area contributed by atoms with Crippen molar-refractivity contribution in [3.63, 3.8) is 0 Å². The molecule has 0 aliphatic heterocycles. The molecule has 1 amide bonds. The summed E-state index contributed by atoms with van der Waals surface area (Å²) in [6.45, 7) is 2.30. The van der Waals surface area contributed by atoms with Crippen LogP contribution in [0.4, 0.5) is 0 Å². The number of ether oxygens (including phenoxy) is 2. The molecule has 106 valence electrons. The Morgan fingerprint density at radius 2 is 1.95 bits per heavy atom. The monoisotopic (exact) mass is 274 g/mol. The third-order valence-electron chi connectivity index (χ3n) is 3.10. The van der Waals surface area contributed by atoms with Crippen LogP contribution >= 0.6 is 0 Å². The van der Waals surface area contributed by atoms with Crippen LogP contribution in [0.1, 0.15) is 21.6 Å². The summed E-state index contributed by atoms with van der Waals surface area (Å²) in [5.41, 5.74) is 2.46. The minimum Gasteiger partial charge on any atom is -0.493 e. The van der Waals surface area contributed by atoms with Crippen LogP contribution in [0.2, 0.25) is 0 Å². The standard InChI is InChI=1S/C15H18N2O3/c1-10-12(6-7-16-10)15(18)17-9-11-4-5-13(19-2)14(8-11)20-3/h4-8,16H,9H2,1-3H3,(H,17,18). The normalized spacial score (nSPS) is 10.2. The maximum Gasteiger partial charge on any atom is 0.253 e. The number of carbonyl (C=O) groups is 1. The van der Waals surface area contributed by atoms with Crippen molar-refractivity contribution >= 4 is 5.91 Å². The number of aromatic amines is 1. The third-order valence-corrected chi connectivity index (χ3v) is 3.10. The molecule has 1 aromatic heterocycles. The van der Waals surface area contributed by atoms with E-state index in [2.05, 4.69) is 10.3 Å². The predicted molar refractivity (Wildman–Crippen MR) is 76.2 cm³/mol. The number of H-pyrrole nitrogens is 1. The van der Waals surface area contributed by atoms with Gasteiger partial charge in [-0.25, -0.2) is 0 Å². The number of carbonyl (C=O) groups excluding carboxylic acids is 1. The van der Waals surface area contributed by atoms with E-state index in [1.165, 1.54) is 0 Å². The predicted octanol–water partition coefficient (Wildman–Crippen LogP) is 2.27. The van der Waals surface area contributed by atoms with Gasteiger partial charge in [0.15, 0.2) is 11.5 Å². The molecule has 0 bridgehead atoms. The second kappa shape index (κ2) is 6.14. The largest absolute Gasteiger partial charge is 0.493 e. The molecule has 0 atom stereocenters. The van der Waals surface area contributed by atoms with Gasteiger partial charge in [-0.1, -0.05) is 6.07 Å². The van der Waals surface area contributed by atoms with Gasteiger partial charge < -0.3 is 19.8 Å². The second-order valence-electron chi connectivity index (χ2n) is 4.39. The average Bonchev–Trinajstić information content (AvgIpc) is 2.90. The lowest BCUT2D eigenvalue weighted by atomic mass is 10.2. The summed E-state index contributed by atoms with van der Waals surface area (Å²) in [5, 5.41) is 2.88. The van der Waals surface area contributed by atoms with Gasteiger partial charge in [0, 0.05) is 18.4 Å². The number of nitrogens with one attached hydrogen (secondary N) is 2. The Morgan fingerprint density at radius 1 is 1.20 bits per heavy atom. The Kier molecular flexibility index (Phi) is 4.30. The number of benzene rings is 1. The van der Waals surface area contributed by atoms with Crippen molar-refractivity contribution in [1.82, 2.24) is 10.3 Å². The lowest BCUT2D eigenvalue weighted by molar-refractivity contribution is 0.0950. The van der Waals surface area contributed by atoms with Crippen LogP contribution in [-0.4, -0.2) is 25.1 Å².